The third-order valence-corrected chi connectivity index (χ3v) is 3.81. The molecule has 0 radical (unpaired) electrons. The van der Waals surface area contributed by atoms with Gasteiger partial charge in [0, 0.05) is 12.6 Å². The summed E-state index contributed by atoms with van der Waals surface area (Å²) in [6.45, 7) is 4.43. The number of hydrogen-bond donors (Lipinski definition) is 1. The third kappa shape index (κ3) is 5.76. The Morgan fingerprint density at radius 3 is 2.52 bits per heavy atom. The van der Waals surface area contributed by atoms with Crippen LogP contribution in [0.4, 0.5) is 0 Å². The lowest BCUT2D eigenvalue weighted by Gasteiger charge is -2.25. The van der Waals surface area contributed by atoms with Gasteiger partial charge in [0.25, 0.3) is 0 Å². The molecule has 0 heterocycles. The first-order valence-electron chi connectivity index (χ1n) is 8.29. The van der Waals surface area contributed by atoms with Crippen LogP contribution in [-0.2, 0) is 11.3 Å². The van der Waals surface area contributed by atoms with Crippen molar-refractivity contribution in [2.45, 2.75) is 26.5 Å². The maximum Gasteiger partial charge on any atom is 0.246 e. The van der Waals surface area contributed by atoms with E-state index in [-0.39, 0.29) is 12.5 Å². The van der Waals surface area contributed by atoms with Crippen molar-refractivity contribution >= 4 is 5.91 Å². The molecule has 0 aromatic heterocycles. The third-order valence-electron chi connectivity index (χ3n) is 3.81. The van der Waals surface area contributed by atoms with Gasteiger partial charge < -0.3 is 14.7 Å². The minimum atomic E-state index is -0.784. The minimum absolute atomic E-state index is 0.106. The van der Waals surface area contributed by atoms with Crippen LogP contribution in [0.5, 0.6) is 5.75 Å². The highest BCUT2D eigenvalue weighted by Gasteiger charge is 2.18. The van der Waals surface area contributed by atoms with Gasteiger partial charge in [0.15, 0.2) is 0 Å². The number of aliphatic hydroxyl groups is 1. The van der Waals surface area contributed by atoms with Crippen molar-refractivity contribution < 1.29 is 14.6 Å². The summed E-state index contributed by atoms with van der Waals surface area (Å²) in [4.78, 5) is 14.2. The van der Waals surface area contributed by atoms with Crippen molar-refractivity contribution in [1.29, 1.82) is 0 Å². The number of benzene rings is 2. The van der Waals surface area contributed by atoms with Crippen molar-refractivity contribution in [3.8, 4) is 5.75 Å². The van der Waals surface area contributed by atoms with Crippen molar-refractivity contribution in [2.24, 2.45) is 0 Å². The second-order valence-corrected chi connectivity index (χ2v) is 6.22. The number of carbonyl (C=O) groups is 1. The molecule has 0 fully saturated rings. The molecule has 25 heavy (non-hydrogen) atoms. The van der Waals surface area contributed by atoms with Gasteiger partial charge in [-0.3, -0.25) is 4.79 Å². The quantitative estimate of drug-likeness (QED) is 0.782. The van der Waals surface area contributed by atoms with E-state index in [2.05, 4.69) is 0 Å². The van der Waals surface area contributed by atoms with E-state index in [1.54, 1.807) is 24.2 Å². The number of ether oxygens (including phenoxy) is 1. The van der Waals surface area contributed by atoms with Crippen LogP contribution in [0.1, 0.15) is 31.1 Å². The van der Waals surface area contributed by atoms with Crippen LogP contribution in [0.15, 0.2) is 66.2 Å². The average Bonchev–Trinajstić information content (AvgIpc) is 2.61. The lowest BCUT2D eigenvalue weighted by molar-refractivity contribution is -0.128. The molecule has 2 aromatic rings. The van der Waals surface area contributed by atoms with E-state index in [4.69, 9.17) is 4.74 Å². The van der Waals surface area contributed by atoms with Crippen LogP contribution in [0.25, 0.3) is 0 Å². The highest BCUT2D eigenvalue weighted by atomic mass is 16.5. The van der Waals surface area contributed by atoms with Crippen LogP contribution in [0.2, 0.25) is 0 Å². The molecule has 4 nitrogen and oxygen atoms in total. The topological polar surface area (TPSA) is 49.8 Å². The van der Waals surface area contributed by atoms with E-state index in [1.807, 2.05) is 62.4 Å². The minimum Gasteiger partial charge on any atom is -0.497 e. The van der Waals surface area contributed by atoms with Gasteiger partial charge in [-0.25, -0.2) is 0 Å². The van der Waals surface area contributed by atoms with E-state index in [1.165, 1.54) is 0 Å². The van der Waals surface area contributed by atoms with Gasteiger partial charge in [-0.1, -0.05) is 48.0 Å². The fraction of sp³-hybridized carbons (Fsp3) is 0.286. The molecule has 1 N–H and O–H groups in total. The fourth-order valence-electron chi connectivity index (χ4n) is 2.54. The van der Waals surface area contributed by atoms with Crippen LogP contribution >= 0.6 is 0 Å². The number of carbonyl (C=O) groups excluding carboxylic acids is 1. The van der Waals surface area contributed by atoms with Gasteiger partial charge >= 0.3 is 0 Å². The number of methoxy groups -OCH3 is 1. The number of nitrogens with zero attached hydrogens (tertiary/aromatic N) is 1. The zero-order valence-corrected chi connectivity index (χ0v) is 15.0. The van der Waals surface area contributed by atoms with Crippen molar-refractivity contribution in [2.75, 3.05) is 13.7 Å². The van der Waals surface area contributed by atoms with Gasteiger partial charge in [0.1, 0.15) is 5.75 Å². The molecular formula is C21H25NO3. The Balaban J connectivity index is 2.19. The second kappa shape index (κ2) is 9.04. The zero-order valence-electron chi connectivity index (χ0n) is 15.0. The van der Waals surface area contributed by atoms with Crippen molar-refractivity contribution in [3.63, 3.8) is 0 Å². The fourth-order valence-corrected chi connectivity index (χ4v) is 2.54. The maximum atomic E-state index is 12.6. The predicted molar refractivity (Wildman–Crippen MR) is 99.2 cm³/mol. The predicted octanol–water partition coefficient (Wildman–Crippen LogP) is 3.72. The molecule has 0 saturated carbocycles. The largest absolute Gasteiger partial charge is 0.497 e. The zero-order chi connectivity index (χ0) is 18.2. The molecule has 132 valence electrons. The van der Waals surface area contributed by atoms with Crippen molar-refractivity contribution in [3.05, 3.63) is 77.4 Å². The molecule has 0 aliphatic heterocycles. The first-order valence-corrected chi connectivity index (χ1v) is 8.29. The molecule has 1 atom stereocenters. The summed E-state index contributed by atoms with van der Waals surface area (Å²) < 4.78 is 5.20. The normalized spacial score (nSPS) is 11.5. The smallest absolute Gasteiger partial charge is 0.246 e. The van der Waals surface area contributed by atoms with Gasteiger partial charge in [0.2, 0.25) is 5.91 Å². The molecule has 0 aliphatic rings. The van der Waals surface area contributed by atoms with E-state index in [0.29, 0.717) is 12.3 Å². The molecular weight excluding hydrogens is 314 g/mol. The number of allylic oxidation sites excluding steroid dienone is 1. The van der Waals surface area contributed by atoms with Crippen LogP contribution in [0.3, 0.4) is 0 Å². The lowest BCUT2D eigenvalue weighted by atomic mass is 10.1. The van der Waals surface area contributed by atoms with Gasteiger partial charge in [-0.2, -0.15) is 0 Å². The molecule has 0 aliphatic carbocycles. The van der Waals surface area contributed by atoms with Crippen molar-refractivity contribution in [1.82, 2.24) is 4.90 Å². The molecule has 0 bridgehead atoms. The number of hydrogen-bond acceptors (Lipinski definition) is 3. The van der Waals surface area contributed by atoms with E-state index < -0.39 is 6.10 Å². The van der Waals surface area contributed by atoms with E-state index >= 15 is 0 Å². The Hall–Kier alpha value is -2.59. The standard InChI is InChI=1S/C21H25NO3/c1-16(2)12-21(24)22(14-17-8-5-4-6-9-17)15-20(23)18-10-7-11-19(13-18)25-3/h4-13,20,23H,14-15H2,1-3H3. The molecule has 2 rings (SSSR count). The Labute approximate surface area is 149 Å². The molecule has 4 heteroatoms. The monoisotopic (exact) mass is 339 g/mol. The average molecular weight is 339 g/mol. The number of aliphatic hydroxyl groups excluding tert-OH is 1. The van der Waals surface area contributed by atoms with Crippen LogP contribution < -0.4 is 4.74 Å². The molecule has 1 amide bonds. The highest BCUT2D eigenvalue weighted by Crippen LogP contribution is 2.21. The maximum absolute atomic E-state index is 12.6. The van der Waals surface area contributed by atoms with Gasteiger partial charge in [-0.05, 0) is 37.1 Å². The summed E-state index contributed by atoms with van der Waals surface area (Å²) in [5, 5.41) is 10.6. The van der Waals surface area contributed by atoms with Gasteiger partial charge in [0.05, 0.1) is 19.8 Å². The number of rotatable bonds is 7. The van der Waals surface area contributed by atoms with Gasteiger partial charge in [-0.15, -0.1) is 0 Å². The Morgan fingerprint density at radius 2 is 1.88 bits per heavy atom. The van der Waals surface area contributed by atoms with Crippen LogP contribution in [-0.4, -0.2) is 29.6 Å². The first kappa shape index (κ1) is 18.7. The molecule has 0 saturated heterocycles. The lowest BCUT2D eigenvalue weighted by Crippen LogP contribution is -2.33. The van der Waals surface area contributed by atoms with E-state index in [0.717, 1.165) is 16.7 Å². The Bertz CT molecular complexity index is 721. The number of amides is 1. The second-order valence-electron chi connectivity index (χ2n) is 6.22. The Kier molecular flexibility index (Phi) is 6.78. The summed E-state index contributed by atoms with van der Waals surface area (Å²) in [5.74, 6) is 0.576. The van der Waals surface area contributed by atoms with Crippen LogP contribution in [0, 0.1) is 0 Å². The first-order chi connectivity index (χ1) is 12.0. The Morgan fingerprint density at radius 1 is 1.16 bits per heavy atom. The SMILES string of the molecule is COc1cccc(C(O)CN(Cc2ccccc2)C(=O)C=C(C)C)c1. The summed E-state index contributed by atoms with van der Waals surface area (Å²) in [5.41, 5.74) is 2.68. The van der Waals surface area contributed by atoms with E-state index in [9.17, 15) is 9.90 Å². The summed E-state index contributed by atoms with van der Waals surface area (Å²) in [6, 6.07) is 17.0. The molecule has 0 spiro atoms. The summed E-state index contributed by atoms with van der Waals surface area (Å²) >= 11 is 0. The molecule has 2 aromatic carbocycles. The summed E-state index contributed by atoms with van der Waals surface area (Å²) in [7, 11) is 1.59. The highest BCUT2D eigenvalue weighted by molar-refractivity contribution is 5.88. The summed E-state index contributed by atoms with van der Waals surface area (Å²) in [6.07, 6.45) is 0.814. The molecule has 1 unspecified atom stereocenters.